The van der Waals surface area contributed by atoms with Crippen molar-refractivity contribution in [3.8, 4) is 0 Å². The smallest absolute Gasteiger partial charge is 0.282 e. The van der Waals surface area contributed by atoms with E-state index in [4.69, 9.17) is 11.6 Å². The van der Waals surface area contributed by atoms with Crippen molar-refractivity contribution in [2.75, 3.05) is 0 Å². The van der Waals surface area contributed by atoms with E-state index in [-0.39, 0.29) is 17.3 Å². The highest BCUT2D eigenvalue weighted by Crippen LogP contribution is 2.33. The number of rotatable bonds is 5. The van der Waals surface area contributed by atoms with Crippen LogP contribution in [-0.4, -0.2) is 16.9 Å². The molecule has 0 radical (unpaired) electrons. The lowest BCUT2D eigenvalue weighted by atomic mass is 10.1. The molecule has 102 valence electrons. The number of carbonyl (C=O) groups is 1. The van der Waals surface area contributed by atoms with E-state index in [1.165, 1.54) is 31.0 Å². The fourth-order valence-electron chi connectivity index (χ4n) is 2.06. The first kappa shape index (κ1) is 13.8. The molecule has 1 aromatic carbocycles. The van der Waals surface area contributed by atoms with Crippen LogP contribution < -0.4 is 5.32 Å². The molecule has 1 amide bonds. The van der Waals surface area contributed by atoms with E-state index < -0.39 is 10.8 Å². The van der Waals surface area contributed by atoms with E-state index in [9.17, 15) is 14.9 Å². The normalized spacial score (nSPS) is 15.9. The fourth-order valence-corrected chi connectivity index (χ4v) is 2.24. The quantitative estimate of drug-likeness (QED) is 0.666. The third kappa shape index (κ3) is 3.67. The molecule has 0 aromatic heterocycles. The molecular weight excluding hydrogens is 268 g/mol. The average molecular weight is 283 g/mol. The van der Waals surface area contributed by atoms with Gasteiger partial charge in [-0.05, 0) is 31.4 Å². The van der Waals surface area contributed by atoms with Crippen LogP contribution in [0, 0.1) is 16.0 Å². The zero-order valence-corrected chi connectivity index (χ0v) is 11.3. The van der Waals surface area contributed by atoms with Gasteiger partial charge in [-0.25, -0.2) is 0 Å². The summed E-state index contributed by atoms with van der Waals surface area (Å²) in [6.07, 6.45) is 3.33. The van der Waals surface area contributed by atoms with Gasteiger partial charge in [0.15, 0.2) is 0 Å². The molecule has 1 atom stereocenters. The number of halogens is 1. The minimum absolute atomic E-state index is 0.0126. The number of hydrogen-bond donors (Lipinski definition) is 1. The fraction of sp³-hybridized carbons (Fsp3) is 0.462. The second-order valence-electron chi connectivity index (χ2n) is 4.97. The zero-order valence-electron chi connectivity index (χ0n) is 10.6. The van der Waals surface area contributed by atoms with Crippen molar-refractivity contribution in [1.82, 2.24) is 5.32 Å². The Balaban J connectivity index is 2.12. The van der Waals surface area contributed by atoms with Gasteiger partial charge in [0.05, 0.1) is 4.92 Å². The number of benzene rings is 1. The van der Waals surface area contributed by atoms with Gasteiger partial charge < -0.3 is 5.32 Å². The lowest BCUT2D eigenvalue weighted by Crippen LogP contribution is -2.33. The van der Waals surface area contributed by atoms with Gasteiger partial charge in [0.2, 0.25) is 0 Å². The number of carbonyl (C=O) groups excluding carboxylic acids is 1. The Kier molecular flexibility index (Phi) is 4.04. The Hall–Kier alpha value is -1.62. The van der Waals surface area contributed by atoms with E-state index in [2.05, 4.69) is 5.32 Å². The highest BCUT2D eigenvalue weighted by Gasteiger charge is 2.26. The molecule has 5 nitrogen and oxygen atoms in total. The highest BCUT2D eigenvalue weighted by atomic mass is 35.5. The van der Waals surface area contributed by atoms with Crippen molar-refractivity contribution in [2.24, 2.45) is 5.92 Å². The maximum Gasteiger partial charge on any atom is 0.282 e. The molecule has 1 saturated carbocycles. The van der Waals surface area contributed by atoms with Crippen molar-refractivity contribution < 1.29 is 9.72 Å². The summed E-state index contributed by atoms with van der Waals surface area (Å²) in [6, 6.07) is 4.00. The molecule has 0 heterocycles. The summed E-state index contributed by atoms with van der Waals surface area (Å²) < 4.78 is 0. The maximum absolute atomic E-state index is 12.1. The molecule has 1 aromatic rings. The van der Waals surface area contributed by atoms with Crippen LogP contribution in [0.3, 0.4) is 0 Å². The van der Waals surface area contributed by atoms with Crippen molar-refractivity contribution in [1.29, 1.82) is 0 Å². The molecule has 1 aliphatic carbocycles. The number of nitrogens with zero attached hydrogens (tertiary/aromatic N) is 1. The van der Waals surface area contributed by atoms with Crippen LogP contribution in [0.15, 0.2) is 18.2 Å². The topological polar surface area (TPSA) is 72.2 Å². The molecule has 1 N–H and O–H groups in total. The summed E-state index contributed by atoms with van der Waals surface area (Å²) in [5.41, 5.74) is -0.208. The van der Waals surface area contributed by atoms with E-state index in [0.717, 1.165) is 6.42 Å². The minimum Gasteiger partial charge on any atom is -0.349 e. The van der Waals surface area contributed by atoms with Crippen LogP contribution in [0.25, 0.3) is 0 Å². The van der Waals surface area contributed by atoms with Crippen LogP contribution in [0.5, 0.6) is 0 Å². The van der Waals surface area contributed by atoms with Gasteiger partial charge >= 0.3 is 0 Å². The molecule has 0 spiro atoms. The number of nitro groups is 1. The molecule has 1 aliphatic rings. The molecular formula is C13H15ClN2O3. The summed E-state index contributed by atoms with van der Waals surface area (Å²) in [7, 11) is 0. The summed E-state index contributed by atoms with van der Waals surface area (Å²) in [6.45, 7) is 1.91. The summed E-state index contributed by atoms with van der Waals surface area (Å²) in [4.78, 5) is 22.4. The van der Waals surface area contributed by atoms with Crippen LogP contribution in [0.4, 0.5) is 5.69 Å². The van der Waals surface area contributed by atoms with Crippen molar-refractivity contribution in [3.63, 3.8) is 0 Å². The van der Waals surface area contributed by atoms with E-state index in [0.29, 0.717) is 10.9 Å². The zero-order chi connectivity index (χ0) is 14.0. The van der Waals surface area contributed by atoms with Gasteiger partial charge in [-0.1, -0.05) is 24.4 Å². The highest BCUT2D eigenvalue weighted by molar-refractivity contribution is 6.31. The van der Waals surface area contributed by atoms with Crippen LogP contribution in [-0.2, 0) is 0 Å². The van der Waals surface area contributed by atoms with Crippen molar-refractivity contribution in [2.45, 2.75) is 32.2 Å². The molecule has 1 unspecified atom stereocenters. The van der Waals surface area contributed by atoms with Gasteiger partial charge in [0.25, 0.3) is 11.6 Å². The van der Waals surface area contributed by atoms with E-state index >= 15 is 0 Å². The van der Waals surface area contributed by atoms with Gasteiger partial charge in [-0.15, -0.1) is 0 Å². The lowest BCUT2D eigenvalue weighted by molar-refractivity contribution is -0.385. The van der Waals surface area contributed by atoms with Gasteiger partial charge in [-0.2, -0.15) is 0 Å². The first-order chi connectivity index (χ1) is 8.97. The Morgan fingerprint density at radius 2 is 2.26 bits per heavy atom. The van der Waals surface area contributed by atoms with Crippen LogP contribution in [0.1, 0.15) is 36.5 Å². The monoisotopic (exact) mass is 282 g/mol. The number of hydrogen-bond acceptors (Lipinski definition) is 3. The third-order valence-corrected chi connectivity index (χ3v) is 3.40. The second-order valence-corrected chi connectivity index (χ2v) is 5.41. The largest absolute Gasteiger partial charge is 0.349 e. The Morgan fingerprint density at radius 3 is 2.84 bits per heavy atom. The first-order valence-electron chi connectivity index (χ1n) is 6.22. The minimum atomic E-state index is -0.573. The molecule has 0 bridgehead atoms. The molecule has 19 heavy (non-hydrogen) atoms. The number of nitrogens with one attached hydrogen (secondary N) is 1. The SMILES string of the molecule is CC(CC1CC1)NC(=O)c1cc(Cl)ccc1[N+](=O)[O-]. The predicted molar refractivity (Wildman–Crippen MR) is 72.4 cm³/mol. The van der Waals surface area contributed by atoms with E-state index in [1.807, 2.05) is 6.92 Å². The Bertz CT molecular complexity index is 515. The third-order valence-electron chi connectivity index (χ3n) is 3.16. The maximum atomic E-state index is 12.1. The van der Waals surface area contributed by atoms with Gasteiger partial charge in [-0.3, -0.25) is 14.9 Å². The van der Waals surface area contributed by atoms with Gasteiger partial charge in [0, 0.05) is 17.1 Å². The standard InChI is InChI=1S/C13H15ClN2O3/c1-8(6-9-2-3-9)15-13(17)11-7-10(14)4-5-12(11)16(18)19/h4-5,7-9H,2-3,6H2,1H3,(H,15,17). The number of nitro benzene ring substituents is 1. The van der Waals surface area contributed by atoms with E-state index in [1.54, 1.807) is 0 Å². The molecule has 6 heteroatoms. The molecule has 1 fully saturated rings. The summed E-state index contributed by atoms with van der Waals surface area (Å²) in [5, 5.41) is 14.0. The average Bonchev–Trinajstić information content (AvgIpc) is 3.12. The first-order valence-corrected chi connectivity index (χ1v) is 6.60. The lowest BCUT2D eigenvalue weighted by Gasteiger charge is -2.13. The van der Waals surface area contributed by atoms with Crippen LogP contribution in [0.2, 0.25) is 5.02 Å². The summed E-state index contributed by atoms with van der Waals surface area (Å²) >= 11 is 5.79. The van der Waals surface area contributed by atoms with Crippen molar-refractivity contribution >= 4 is 23.2 Å². The number of amides is 1. The van der Waals surface area contributed by atoms with Crippen molar-refractivity contribution in [3.05, 3.63) is 38.9 Å². The Morgan fingerprint density at radius 1 is 1.58 bits per heavy atom. The Labute approximate surface area is 116 Å². The van der Waals surface area contributed by atoms with Gasteiger partial charge in [0.1, 0.15) is 5.56 Å². The van der Waals surface area contributed by atoms with Crippen LogP contribution >= 0.6 is 11.6 Å². The second kappa shape index (κ2) is 5.57. The predicted octanol–water partition coefficient (Wildman–Crippen LogP) is 3.17. The molecule has 2 rings (SSSR count). The summed E-state index contributed by atoms with van der Waals surface area (Å²) in [5.74, 6) is 0.243. The molecule has 0 saturated heterocycles. The molecule has 0 aliphatic heterocycles.